The van der Waals surface area contributed by atoms with Crippen LogP contribution in [0.5, 0.6) is 5.75 Å². The van der Waals surface area contributed by atoms with E-state index in [1.807, 2.05) is 36.4 Å². The number of carbonyl (C=O) groups excluding carboxylic acids is 2. The van der Waals surface area contributed by atoms with Gasteiger partial charge < -0.3 is 15.4 Å². The SMILES string of the molecule is O=C(CCCOc1ccccc1)Nc1ccc(NC(=O)c2ccccc2)c(Cl)c1. The molecule has 0 fully saturated rings. The fourth-order valence-electron chi connectivity index (χ4n) is 2.64. The van der Waals surface area contributed by atoms with Gasteiger partial charge in [-0.2, -0.15) is 0 Å². The Kier molecular flexibility index (Phi) is 7.25. The van der Waals surface area contributed by atoms with Gasteiger partial charge >= 0.3 is 0 Å². The molecule has 3 aromatic rings. The minimum Gasteiger partial charge on any atom is -0.494 e. The molecule has 0 atom stereocenters. The molecule has 0 heterocycles. The zero-order valence-corrected chi connectivity index (χ0v) is 16.5. The Morgan fingerprint density at radius 3 is 2.24 bits per heavy atom. The molecular weight excluding hydrogens is 388 g/mol. The van der Waals surface area contributed by atoms with Gasteiger partial charge in [0.25, 0.3) is 5.91 Å². The zero-order chi connectivity index (χ0) is 20.5. The molecule has 2 N–H and O–H groups in total. The first-order chi connectivity index (χ1) is 14.1. The molecule has 0 spiro atoms. The number of halogens is 1. The third-order valence-corrected chi connectivity index (χ3v) is 4.41. The van der Waals surface area contributed by atoms with Gasteiger partial charge in [0.1, 0.15) is 5.75 Å². The molecule has 29 heavy (non-hydrogen) atoms. The first kappa shape index (κ1) is 20.4. The zero-order valence-electron chi connectivity index (χ0n) is 15.7. The Hall–Kier alpha value is -3.31. The smallest absolute Gasteiger partial charge is 0.255 e. The fourth-order valence-corrected chi connectivity index (χ4v) is 2.87. The van der Waals surface area contributed by atoms with Crippen molar-refractivity contribution in [1.82, 2.24) is 0 Å². The van der Waals surface area contributed by atoms with Crippen LogP contribution in [0.25, 0.3) is 0 Å². The Morgan fingerprint density at radius 2 is 1.55 bits per heavy atom. The van der Waals surface area contributed by atoms with Gasteiger partial charge in [0.2, 0.25) is 5.91 Å². The molecule has 6 heteroatoms. The van der Waals surface area contributed by atoms with Gasteiger partial charge in [-0.05, 0) is 48.9 Å². The molecule has 0 aliphatic rings. The van der Waals surface area contributed by atoms with Gasteiger partial charge in [0.05, 0.1) is 17.3 Å². The summed E-state index contributed by atoms with van der Waals surface area (Å²) in [4.78, 5) is 24.3. The number of hydrogen-bond acceptors (Lipinski definition) is 3. The molecule has 5 nitrogen and oxygen atoms in total. The second-order valence-corrected chi connectivity index (χ2v) is 6.74. The van der Waals surface area contributed by atoms with E-state index >= 15 is 0 Å². The summed E-state index contributed by atoms with van der Waals surface area (Å²) in [5, 5.41) is 5.91. The van der Waals surface area contributed by atoms with Crippen molar-refractivity contribution in [3.05, 3.63) is 89.4 Å². The molecule has 0 saturated heterocycles. The van der Waals surface area contributed by atoms with Gasteiger partial charge in [-0.1, -0.05) is 48.0 Å². The highest BCUT2D eigenvalue weighted by molar-refractivity contribution is 6.34. The number of nitrogens with one attached hydrogen (secondary N) is 2. The number of ether oxygens (including phenoxy) is 1. The molecule has 0 unspecified atom stereocenters. The van der Waals surface area contributed by atoms with Crippen LogP contribution < -0.4 is 15.4 Å². The minimum absolute atomic E-state index is 0.126. The lowest BCUT2D eigenvalue weighted by atomic mass is 10.2. The fraction of sp³-hybridized carbons (Fsp3) is 0.130. The standard InChI is InChI=1S/C23H21ClN2O3/c24-20-16-18(13-14-21(20)26-23(28)17-8-3-1-4-9-17)25-22(27)12-7-15-29-19-10-5-2-6-11-19/h1-6,8-11,13-14,16H,7,12,15H2,(H,25,27)(H,26,28). The number of anilines is 2. The summed E-state index contributed by atoms with van der Waals surface area (Å²) >= 11 is 6.25. The van der Waals surface area contributed by atoms with Crippen LogP contribution in [-0.4, -0.2) is 18.4 Å². The van der Waals surface area contributed by atoms with Crippen molar-refractivity contribution < 1.29 is 14.3 Å². The lowest BCUT2D eigenvalue weighted by molar-refractivity contribution is -0.116. The summed E-state index contributed by atoms with van der Waals surface area (Å²) in [6.45, 7) is 0.461. The third-order valence-electron chi connectivity index (χ3n) is 4.10. The van der Waals surface area contributed by atoms with E-state index in [0.717, 1.165) is 5.75 Å². The van der Waals surface area contributed by atoms with E-state index in [9.17, 15) is 9.59 Å². The monoisotopic (exact) mass is 408 g/mol. The molecule has 148 valence electrons. The summed E-state index contributed by atoms with van der Waals surface area (Å²) in [6.07, 6.45) is 0.927. The lowest BCUT2D eigenvalue weighted by Gasteiger charge is -2.10. The van der Waals surface area contributed by atoms with Gasteiger partial charge in [-0.3, -0.25) is 9.59 Å². The van der Waals surface area contributed by atoms with Crippen LogP contribution in [0, 0.1) is 0 Å². The number of para-hydroxylation sites is 1. The molecule has 0 radical (unpaired) electrons. The van der Waals surface area contributed by atoms with Crippen molar-refractivity contribution >= 4 is 34.8 Å². The average Bonchev–Trinajstić information content (AvgIpc) is 2.74. The van der Waals surface area contributed by atoms with Crippen molar-refractivity contribution in [2.45, 2.75) is 12.8 Å². The van der Waals surface area contributed by atoms with Crippen molar-refractivity contribution in [2.75, 3.05) is 17.2 Å². The van der Waals surface area contributed by atoms with Gasteiger partial charge in [-0.15, -0.1) is 0 Å². The maximum absolute atomic E-state index is 12.2. The van der Waals surface area contributed by atoms with Crippen molar-refractivity contribution in [3.63, 3.8) is 0 Å². The van der Waals surface area contributed by atoms with Gasteiger partial charge in [0, 0.05) is 17.7 Å². The van der Waals surface area contributed by atoms with Crippen LogP contribution in [0.4, 0.5) is 11.4 Å². The van der Waals surface area contributed by atoms with Crippen LogP contribution in [0.3, 0.4) is 0 Å². The van der Waals surface area contributed by atoms with Crippen LogP contribution in [-0.2, 0) is 4.79 Å². The summed E-state index contributed by atoms with van der Waals surface area (Å²) in [6, 6.07) is 23.3. The predicted octanol–water partition coefficient (Wildman–Crippen LogP) is 5.39. The molecule has 2 amide bonds. The molecule has 3 rings (SSSR count). The van der Waals surface area contributed by atoms with E-state index in [0.29, 0.717) is 41.4 Å². The molecule has 0 bridgehead atoms. The second kappa shape index (κ2) is 10.3. The first-order valence-electron chi connectivity index (χ1n) is 9.25. The molecular formula is C23H21ClN2O3. The van der Waals surface area contributed by atoms with Crippen LogP contribution >= 0.6 is 11.6 Å². The minimum atomic E-state index is -0.247. The van der Waals surface area contributed by atoms with E-state index in [2.05, 4.69) is 10.6 Å². The number of amides is 2. The highest BCUT2D eigenvalue weighted by atomic mass is 35.5. The Balaban J connectivity index is 1.47. The van der Waals surface area contributed by atoms with Crippen molar-refractivity contribution in [1.29, 1.82) is 0 Å². The van der Waals surface area contributed by atoms with E-state index in [4.69, 9.17) is 16.3 Å². The molecule has 0 aliphatic heterocycles. The Bertz CT molecular complexity index is 962. The van der Waals surface area contributed by atoms with Crippen LogP contribution in [0.2, 0.25) is 5.02 Å². The van der Waals surface area contributed by atoms with Crippen molar-refractivity contribution in [2.24, 2.45) is 0 Å². The summed E-state index contributed by atoms with van der Waals surface area (Å²) in [7, 11) is 0. The van der Waals surface area contributed by atoms with Gasteiger partial charge in [-0.25, -0.2) is 0 Å². The van der Waals surface area contributed by atoms with E-state index in [1.54, 1.807) is 42.5 Å². The summed E-state index contributed by atoms with van der Waals surface area (Å²) < 4.78 is 5.57. The Labute approximate surface area is 174 Å². The van der Waals surface area contributed by atoms with Crippen molar-refractivity contribution in [3.8, 4) is 5.75 Å². The maximum atomic E-state index is 12.2. The average molecular weight is 409 g/mol. The molecule has 3 aromatic carbocycles. The highest BCUT2D eigenvalue weighted by Gasteiger charge is 2.10. The largest absolute Gasteiger partial charge is 0.494 e. The predicted molar refractivity (Wildman–Crippen MR) is 116 cm³/mol. The summed E-state index contributed by atoms with van der Waals surface area (Å²) in [5.74, 6) is 0.411. The van der Waals surface area contributed by atoms with Crippen LogP contribution in [0.15, 0.2) is 78.9 Å². The quantitative estimate of drug-likeness (QED) is 0.491. The lowest BCUT2D eigenvalue weighted by Crippen LogP contribution is -2.14. The summed E-state index contributed by atoms with van der Waals surface area (Å²) in [5.41, 5.74) is 1.59. The Morgan fingerprint density at radius 1 is 0.862 bits per heavy atom. The maximum Gasteiger partial charge on any atom is 0.255 e. The number of benzene rings is 3. The highest BCUT2D eigenvalue weighted by Crippen LogP contribution is 2.26. The third kappa shape index (κ3) is 6.36. The molecule has 0 aliphatic carbocycles. The second-order valence-electron chi connectivity index (χ2n) is 6.33. The van der Waals surface area contributed by atoms with Crippen LogP contribution in [0.1, 0.15) is 23.2 Å². The van der Waals surface area contributed by atoms with E-state index in [1.165, 1.54) is 0 Å². The van der Waals surface area contributed by atoms with E-state index in [-0.39, 0.29) is 11.8 Å². The number of rotatable bonds is 8. The molecule has 0 saturated carbocycles. The van der Waals surface area contributed by atoms with Gasteiger partial charge in [0.15, 0.2) is 0 Å². The topological polar surface area (TPSA) is 67.4 Å². The van der Waals surface area contributed by atoms with E-state index < -0.39 is 0 Å². The molecule has 0 aromatic heterocycles. The normalized spacial score (nSPS) is 10.2. The number of carbonyl (C=O) groups is 2. The first-order valence-corrected chi connectivity index (χ1v) is 9.63. The number of hydrogen-bond donors (Lipinski definition) is 2.